The highest BCUT2D eigenvalue weighted by Gasteiger charge is 2.31. The number of anilines is 2. The van der Waals surface area contributed by atoms with Gasteiger partial charge in [-0.15, -0.1) is 0 Å². The molecule has 0 bridgehead atoms. The Labute approximate surface area is 288 Å². The molecule has 1 N–H and O–H groups in total. The lowest BCUT2D eigenvalue weighted by molar-refractivity contribution is 0.0158. The number of carbonyl (C=O) groups excluding carboxylic acids is 3. The van der Waals surface area contributed by atoms with Gasteiger partial charge in [-0.2, -0.15) is 0 Å². The molecule has 12 nitrogen and oxygen atoms in total. The summed E-state index contributed by atoms with van der Waals surface area (Å²) in [6.07, 6.45) is 3.37. The van der Waals surface area contributed by atoms with Gasteiger partial charge in [-0.1, -0.05) is 0 Å². The van der Waals surface area contributed by atoms with Crippen molar-refractivity contribution < 1.29 is 28.6 Å². The number of nitrogens with zero attached hydrogens (tertiary/aromatic N) is 5. The van der Waals surface area contributed by atoms with Crippen LogP contribution in [0.25, 0.3) is 21.8 Å². The van der Waals surface area contributed by atoms with E-state index in [1.807, 2.05) is 75.3 Å². The van der Waals surface area contributed by atoms with Crippen molar-refractivity contribution in [3.05, 3.63) is 59.9 Å². The topological polar surface area (TPSA) is 111 Å². The molecule has 2 fully saturated rings. The highest BCUT2D eigenvalue weighted by molar-refractivity contribution is 6.06. The van der Waals surface area contributed by atoms with Crippen molar-refractivity contribution in [2.24, 2.45) is 14.1 Å². The number of aryl methyl sites for hydroxylation is 2. The molecule has 2 aliphatic heterocycles. The average molecular weight is 675 g/mol. The zero-order valence-electron chi connectivity index (χ0n) is 30.2. The Morgan fingerprint density at radius 1 is 0.755 bits per heavy atom. The molecule has 49 heavy (non-hydrogen) atoms. The van der Waals surface area contributed by atoms with Crippen LogP contribution in [0, 0.1) is 0 Å². The van der Waals surface area contributed by atoms with Crippen molar-refractivity contribution in [3.8, 4) is 0 Å². The maximum atomic E-state index is 12.4. The molecule has 0 saturated carbocycles. The van der Waals surface area contributed by atoms with Crippen LogP contribution in [-0.2, 0) is 28.3 Å². The van der Waals surface area contributed by atoms with Crippen molar-refractivity contribution in [1.82, 2.24) is 19.4 Å². The summed E-state index contributed by atoms with van der Waals surface area (Å²) in [4.78, 5) is 42.6. The normalized spacial score (nSPS) is 18.3. The van der Waals surface area contributed by atoms with E-state index in [1.54, 1.807) is 11.1 Å². The van der Waals surface area contributed by atoms with Crippen molar-refractivity contribution >= 4 is 51.2 Å². The third-order valence-corrected chi connectivity index (χ3v) is 9.11. The Hall–Kier alpha value is -4.71. The van der Waals surface area contributed by atoms with Crippen LogP contribution in [0.5, 0.6) is 0 Å². The van der Waals surface area contributed by atoms with E-state index in [2.05, 4.69) is 40.2 Å². The second-order valence-corrected chi connectivity index (χ2v) is 14.0. The Morgan fingerprint density at radius 2 is 1.27 bits per heavy atom. The van der Waals surface area contributed by atoms with Gasteiger partial charge in [-0.3, -0.25) is 0 Å². The van der Waals surface area contributed by atoms with E-state index in [0.29, 0.717) is 23.7 Å². The van der Waals surface area contributed by atoms with Crippen LogP contribution in [0.3, 0.4) is 0 Å². The Balaban J connectivity index is 0.000000199. The molecular weight excluding hydrogens is 624 g/mol. The Morgan fingerprint density at radius 3 is 1.71 bits per heavy atom. The average Bonchev–Trinajstić information content (AvgIpc) is 3.58. The molecule has 0 radical (unpaired) electrons. The van der Waals surface area contributed by atoms with Gasteiger partial charge in [-0.25, -0.2) is 14.4 Å². The van der Waals surface area contributed by atoms with Gasteiger partial charge < -0.3 is 43.4 Å². The lowest BCUT2D eigenvalue weighted by Gasteiger charge is -2.41. The fourth-order valence-electron chi connectivity index (χ4n) is 6.63. The van der Waals surface area contributed by atoms with Crippen LogP contribution in [-0.4, -0.2) is 103 Å². The molecule has 6 rings (SSSR count). The minimum absolute atomic E-state index is 0.0401. The SMILES string of the molecule is COC(=O)c1cn(C)c2cc(N3CCN(C(=O)OC(C)(C)C)C(C)C3)ccc12.COC(=O)c1cn(C)c2cc(N3CCNC(C)C3)ccc12. The highest BCUT2D eigenvalue weighted by atomic mass is 16.6. The molecule has 2 aromatic heterocycles. The van der Waals surface area contributed by atoms with E-state index in [0.717, 1.165) is 60.2 Å². The third kappa shape index (κ3) is 7.80. The summed E-state index contributed by atoms with van der Waals surface area (Å²) in [5.74, 6) is -0.623. The van der Waals surface area contributed by atoms with Crippen LogP contribution in [0.1, 0.15) is 55.3 Å². The summed E-state index contributed by atoms with van der Waals surface area (Å²) in [5.41, 5.74) is 4.99. The molecule has 2 aliphatic rings. The second kappa shape index (κ2) is 14.4. The molecule has 2 saturated heterocycles. The minimum atomic E-state index is -0.497. The molecule has 2 unspecified atom stereocenters. The van der Waals surface area contributed by atoms with Crippen molar-refractivity contribution in [2.75, 3.05) is 63.3 Å². The standard InChI is InChI=1S/C21H29N3O4.C16H21N3O2/c1-14-12-23(9-10-24(14)20(26)28-21(2,3)4)15-7-8-16-17(19(25)27-6)13-22(5)18(16)11-15;1-11-9-19(7-6-17-11)12-4-5-13-14(16(20)21-3)10-18(2)15(13)8-12/h7-8,11,13-14H,9-10,12H2,1-6H3;4-5,8,10-11,17H,6-7,9H2,1-3H3. The zero-order valence-corrected chi connectivity index (χ0v) is 30.2. The van der Waals surface area contributed by atoms with Gasteiger partial charge in [-0.05, 0) is 71.0 Å². The number of hydrogen-bond acceptors (Lipinski definition) is 9. The van der Waals surface area contributed by atoms with Gasteiger partial charge in [0.05, 0.1) is 36.4 Å². The molecule has 2 atom stereocenters. The number of amides is 1. The largest absolute Gasteiger partial charge is 0.465 e. The van der Waals surface area contributed by atoms with Gasteiger partial charge in [0.1, 0.15) is 5.60 Å². The van der Waals surface area contributed by atoms with Crippen LogP contribution in [0.2, 0.25) is 0 Å². The van der Waals surface area contributed by atoms with E-state index in [-0.39, 0.29) is 24.1 Å². The quantitative estimate of drug-likeness (QED) is 0.232. The highest BCUT2D eigenvalue weighted by Crippen LogP contribution is 2.29. The summed E-state index contributed by atoms with van der Waals surface area (Å²) in [7, 11) is 6.68. The van der Waals surface area contributed by atoms with Crippen LogP contribution in [0.15, 0.2) is 48.8 Å². The van der Waals surface area contributed by atoms with Gasteiger partial charge >= 0.3 is 18.0 Å². The fraction of sp³-hybridized carbons (Fsp3) is 0.486. The molecule has 264 valence electrons. The number of fused-ring (bicyclic) bond motifs is 2. The maximum Gasteiger partial charge on any atom is 0.410 e. The fourth-order valence-corrected chi connectivity index (χ4v) is 6.63. The maximum absolute atomic E-state index is 12.4. The van der Waals surface area contributed by atoms with E-state index in [9.17, 15) is 14.4 Å². The summed E-state index contributed by atoms with van der Waals surface area (Å²) >= 11 is 0. The number of piperazine rings is 2. The predicted molar refractivity (Wildman–Crippen MR) is 193 cm³/mol. The molecule has 12 heteroatoms. The molecule has 0 aliphatic carbocycles. The number of benzene rings is 2. The Kier molecular flexibility index (Phi) is 10.5. The summed E-state index contributed by atoms with van der Waals surface area (Å²) < 4.78 is 19.2. The van der Waals surface area contributed by atoms with Crippen molar-refractivity contribution in [1.29, 1.82) is 0 Å². The van der Waals surface area contributed by atoms with Gasteiger partial charge in [0, 0.05) is 100.0 Å². The minimum Gasteiger partial charge on any atom is -0.465 e. The molecule has 2 aromatic carbocycles. The molecule has 0 spiro atoms. The predicted octanol–water partition coefficient (Wildman–Crippen LogP) is 5.17. The first-order chi connectivity index (χ1) is 23.2. The van der Waals surface area contributed by atoms with Crippen LogP contribution < -0.4 is 15.1 Å². The summed E-state index contributed by atoms with van der Waals surface area (Å²) in [6, 6.07) is 12.9. The smallest absolute Gasteiger partial charge is 0.410 e. The number of hydrogen-bond donors (Lipinski definition) is 1. The number of nitrogens with one attached hydrogen (secondary N) is 1. The monoisotopic (exact) mass is 674 g/mol. The molecule has 1 amide bonds. The number of esters is 2. The second-order valence-electron chi connectivity index (χ2n) is 14.0. The number of rotatable bonds is 4. The molecule has 4 aromatic rings. The lowest BCUT2D eigenvalue weighted by atomic mass is 10.1. The van der Waals surface area contributed by atoms with E-state index in [4.69, 9.17) is 14.2 Å². The number of ether oxygens (including phenoxy) is 3. The first kappa shape index (κ1) is 35.6. The van der Waals surface area contributed by atoms with E-state index >= 15 is 0 Å². The van der Waals surface area contributed by atoms with Crippen LogP contribution >= 0.6 is 0 Å². The molecular formula is C37H50N6O6. The first-order valence-electron chi connectivity index (χ1n) is 16.8. The van der Waals surface area contributed by atoms with Crippen molar-refractivity contribution in [3.63, 3.8) is 0 Å². The molecule has 4 heterocycles. The Bertz CT molecular complexity index is 1840. The summed E-state index contributed by atoms with van der Waals surface area (Å²) in [5, 5.41) is 5.26. The van der Waals surface area contributed by atoms with Gasteiger partial charge in [0.15, 0.2) is 0 Å². The van der Waals surface area contributed by atoms with E-state index in [1.165, 1.54) is 19.9 Å². The van der Waals surface area contributed by atoms with E-state index < -0.39 is 5.60 Å². The zero-order chi connectivity index (χ0) is 35.6. The van der Waals surface area contributed by atoms with Crippen molar-refractivity contribution in [2.45, 2.75) is 52.3 Å². The van der Waals surface area contributed by atoms with Gasteiger partial charge in [0.25, 0.3) is 0 Å². The number of carbonyl (C=O) groups is 3. The van der Waals surface area contributed by atoms with Gasteiger partial charge in [0.2, 0.25) is 0 Å². The summed E-state index contributed by atoms with van der Waals surface area (Å²) in [6.45, 7) is 14.9. The number of methoxy groups -OCH3 is 2. The number of aromatic nitrogens is 2. The third-order valence-electron chi connectivity index (χ3n) is 9.11. The first-order valence-corrected chi connectivity index (χ1v) is 16.8. The van der Waals surface area contributed by atoms with Crippen LogP contribution in [0.4, 0.5) is 16.2 Å². The lowest BCUT2D eigenvalue weighted by Crippen LogP contribution is -2.55.